The number of benzene rings is 3. The van der Waals surface area contributed by atoms with E-state index in [2.05, 4.69) is 0 Å². The number of hydrogen-bond acceptors (Lipinski definition) is 10. The van der Waals surface area contributed by atoms with Crippen molar-refractivity contribution in [3.05, 3.63) is 116 Å². The molecule has 4 aliphatic heterocycles. The number of carbonyl (C=O) groups is 4. The molecule has 5 heterocycles. The van der Waals surface area contributed by atoms with Crippen LogP contribution in [0.1, 0.15) is 45.3 Å². The van der Waals surface area contributed by atoms with Gasteiger partial charge in [0.25, 0.3) is 0 Å². The van der Waals surface area contributed by atoms with Crippen LogP contribution in [-0.4, -0.2) is 58.3 Å². The van der Waals surface area contributed by atoms with Crippen molar-refractivity contribution >= 4 is 46.7 Å². The van der Waals surface area contributed by atoms with Gasteiger partial charge in [0.2, 0.25) is 5.91 Å². The number of Topliss-reactive ketones (excluding diaryl/α,β-unsaturated/α-hetero) is 1. The van der Waals surface area contributed by atoms with Crippen LogP contribution in [-0.2, 0) is 31.1 Å². The number of amides is 1. The van der Waals surface area contributed by atoms with Gasteiger partial charge in [0.05, 0.1) is 22.9 Å². The van der Waals surface area contributed by atoms with Gasteiger partial charge < -0.3 is 29.0 Å². The van der Waals surface area contributed by atoms with Crippen LogP contribution in [0.15, 0.2) is 89.2 Å². The van der Waals surface area contributed by atoms with Gasteiger partial charge in [-0.3, -0.25) is 9.59 Å². The molecule has 0 aliphatic carbocycles. The van der Waals surface area contributed by atoms with Gasteiger partial charge >= 0.3 is 11.9 Å². The van der Waals surface area contributed by atoms with E-state index in [0.29, 0.717) is 45.9 Å². The third-order valence-corrected chi connectivity index (χ3v) is 11.5. The van der Waals surface area contributed by atoms with E-state index in [9.17, 15) is 19.2 Å². The van der Waals surface area contributed by atoms with Gasteiger partial charge in [-0.05, 0) is 59.7 Å². The number of ether oxygens (including phenoxy) is 4. The molecule has 1 aromatic heterocycles. The molecule has 248 valence electrons. The Morgan fingerprint density at radius 1 is 0.939 bits per heavy atom. The molecule has 4 aromatic rings. The average Bonchev–Trinajstić information content (AvgIpc) is 3.71. The van der Waals surface area contributed by atoms with Crippen LogP contribution < -0.4 is 14.2 Å². The molecule has 4 atom stereocenters. The molecule has 8 rings (SSSR count). The SMILES string of the molecule is CC1C(COc2ccc3c(c2)Oc2cc(OCC(=O)O)ccc2C32OC(=O)c3ccccc32)=CSC2C(CC(=O)Cc3cccs3)C(=O)N12. The first-order valence-corrected chi connectivity index (χ1v) is 17.5. The van der Waals surface area contributed by atoms with Crippen molar-refractivity contribution in [2.24, 2.45) is 5.92 Å². The number of esters is 1. The highest BCUT2D eigenvalue weighted by Crippen LogP contribution is 2.57. The van der Waals surface area contributed by atoms with Crippen molar-refractivity contribution in [1.82, 2.24) is 4.90 Å². The summed E-state index contributed by atoms with van der Waals surface area (Å²) in [6.07, 6.45) is 0.596. The first-order chi connectivity index (χ1) is 23.7. The predicted molar refractivity (Wildman–Crippen MR) is 180 cm³/mol. The number of fused-ring (bicyclic) bond motifs is 7. The Kier molecular flexibility index (Phi) is 7.72. The molecular weight excluding hydrogens is 667 g/mol. The highest BCUT2D eigenvalue weighted by molar-refractivity contribution is 8.02. The van der Waals surface area contributed by atoms with Crippen LogP contribution in [0.4, 0.5) is 0 Å². The molecular formula is C37H29NO9S2. The Balaban J connectivity index is 1.02. The van der Waals surface area contributed by atoms with Gasteiger partial charge in [-0.1, -0.05) is 24.3 Å². The second kappa shape index (κ2) is 12.1. The lowest BCUT2D eigenvalue weighted by molar-refractivity contribution is -0.155. The number of rotatable bonds is 10. The van der Waals surface area contributed by atoms with E-state index in [1.165, 1.54) is 0 Å². The summed E-state index contributed by atoms with van der Waals surface area (Å²) < 4.78 is 24.2. The van der Waals surface area contributed by atoms with E-state index in [1.807, 2.05) is 52.9 Å². The monoisotopic (exact) mass is 695 g/mol. The van der Waals surface area contributed by atoms with Crippen molar-refractivity contribution in [1.29, 1.82) is 0 Å². The quantitative estimate of drug-likeness (QED) is 0.152. The number of β-lactam (4-membered cyclic amide) rings is 1. The zero-order chi connectivity index (χ0) is 33.9. The number of aliphatic carboxylic acids is 1. The molecule has 10 nitrogen and oxygen atoms in total. The molecule has 0 bridgehead atoms. The number of thioether (sulfide) groups is 1. The van der Waals surface area contributed by atoms with Crippen molar-refractivity contribution in [3.8, 4) is 23.0 Å². The first kappa shape index (κ1) is 31.2. The topological polar surface area (TPSA) is 129 Å². The number of ketones is 1. The van der Waals surface area contributed by atoms with Crippen molar-refractivity contribution in [2.45, 2.75) is 36.8 Å². The largest absolute Gasteiger partial charge is 0.489 e. The Morgan fingerprint density at radius 2 is 1.67 bits per heavy atom. The fourth-order valence-electron chi connectivity index (χ4n) is 6.95. The summed E-state index contributed by atoms with van der Waals surface area (Å²) in [6.45, 7) is 1.66. The van der Waals surface area contributed by atoms with Crippen LogP contribution in [0.5, 0.6) is 23.0 Å². The number of nitrogens with zero attached hydrogens (tertiary/aromatic N) is 1. The third kappa shape index (κ3) is 5.26. The van der Waals surface area contributed by atoms with Crippen LogP contribution in [0, 0.1) is 5.92 Å². The average molecular weight is 696 g/mol. The van der Waals surface area contributed by atoms with Gasteiger partial charge in [-0.2, -0.15) is 0 Å². The second-order valence-electron chi connectivity index (χ2n) is 12.3. The highest BCUT2D eigenvalue weighted by Gasteiger charge is 2.54. The summed E-state index contributed by atoms with van der Waals surface area (Å²) in [5.74, 6) is -0.309. The van der Waals surface area contributed by atoms with Gasteiger partial charge in [0.15, 0.2) is 12.2 Å². The maximum absolute atomic E-state index is 13.2. The van der Waals surface area contributed by atoms with E-state index in [4.69, 9.17) is 24.1 Å². The predicted octanol–water partition coefficient (Wildman–Crippen LogP) is 6.16. The molecule has 4 aliphatic rings. The third-order valence-electron chi connectivity index (χ3n) is 9.33. The van der Waals surface area contributed by atoms with Crippen LogP contribution in [0.3, 0.4) is 0 Å². The number of carboxylic acids is 1. The molecule has 0 radical (unpaired) electrons. The molecule has 1 saturated heterocycles. The zero-order valence-corrected chi connectivity index (χ0v) is 27.8. The molecule has 1 N–H and O–H groups in total. The molecule has 12 heteroatoms. The van der Waals surface area contributed by atoms with Crippen molar-refractivity contribution in [2.75, 3.05) is 13.2 Å². The molecule has 0 saturated carbocycles. The van der Waals surface area contributed by atoms with Gasteiger partial charge in [-0.15, -0.1) is 23.1 Å². The van der Waals surface area contributed by atoms with Crippen LogP contribution >= 0.6 is 23.1 Å². The number of thiophene rings is 1. The molecule has 3 aromatic carbocycles. The minimum absolute atomic E-state index is 0.0145. The fraction of sp³-hybridized carbons (Fsp3) is 0.243. The number of carbonyl (C=O) groups excluding carboxylic acids is 3. The summed E-state index contributed by atoms with van der Waals surface area (Å²) in [6, 6.07) is 21.1. The molecule has 49 heavy (non-hydrogen) atoms. The Morgan fingerprint density at radius 3 is 2.39 bits per heavy atom. The zero-order valence-electron chi connectivity index (χ0n) is 26.1. The summed E-state index contributed by atoms with van der Waals surface area (Å²) >= 11 is 3.09. The van der Waals surface area contributed by atoms with Gasteiger partial charge in [0, 0.05) is 46.5 Å². The smallest absolute Gasteiger partial charge is 0.341 e. The van der Waals surface area contributed by atoms with E-state index in [1.54, 1.807) is 65.6 Å². The van der Waals surface area contributed by atoms with Crippen molar-refractivity contribution < 1.29 is 43.2 Å². The highest BCUT2D eigenvalue weighted by atomic mass is 32.2. The van der Waals surface area contributed by atoms with Crippen LogP contribution in [0.25, 0.3) is 0 Å². The van der Waals surface area contributed by atoms with Gasteiger partial charge in [0.1, 0.15) is 35.4 Å². The Labute approximate surface area is 289 Å². The van der Waals surface area contributed by atoms with E-state index in [0.717, 1.165) is 10.5 Å². The Hall–Kier alpha value is -5.07. The normalized spacial score (nSPS) is 22.8. The number of hydrogen-bond donors (Lipinski definition) is 1. The van der Waals surface area contributed by atoms with E-state index < -0.39 is 24.1 Å². The maximum atomic E-state index is 13.2. The number of carboxylic acid groups (broad SMARTS) is 1. The molecule has 1 spiro atoms. The van der Waals surface area contributed by atoms with Crippen molar-refractivity contribution in [3.63, 3.8) is 0 Å². The molecule has 1 fully saturated rings. The summed E-state index contributed by atoms with van der Waals surface area (Å²) in [4.78, 5) is 53.0. The van der Waals surface area contributed by atoms with E-state index >= 15 is 0 Å². The molecule has 1 amide bonds. The lowest BCUT2D eigenvalue weighted by Crippen LogP contribution is -2.64. The molecule has 4 unspecified atom stereocenters. The summed E-state index contributed by atoms with van der Waals surface area (Å²) in [5, 5.41) is 13.0. The summed E-state index contributed by atoms with van der Waals surface area (Å²) in [5.41, 5.74) is 1.92. The fourth-order valence-corrected chi connectivity index (χ4v) is 9.08. The minimum atomic E-state index is -1.30. The lowest BCUT2D eigenvalue weighted by Gasteiger charge is -2.52. The summed E-state index contributed by atoms with van der Waals surface area (Å²) in [7, 11) is 0. The minimum Gasteiger partial charge on any atom is -0.489 e. The first-order valence-electron chi connectivity index (χ1n) is 15.7. The van der Waals surface area contributed by atoms with Crippen LogP contribution in [0.2, 0.25) is 0 Å². The lowest BCUT2D eigenvalue weighted by atomic mass is 9.77. The van der Waals surface area contributed by atoms with Gasteiger partial charge in [-0.25, -0.2) is 9.59 Å². The van der Waals surface area contributed by atoms with E-state index in [-0.39, 0.29) is 47.8 Å². The maximum Gasteiger partial charge on any atom is 0.341 e. The second-order valence-corrected chi connectivity index (χ2v) is 14.3. The standard InChI is InChI=1S/C37H29NO9S2/c1-20-21(19-49-35-27(34(42)38(20)35)14-22(39)13-25-5-4-12-48-25)17-44-23-8-10-29-31(15-23)46-32-16-24(45-18-33(40)41)9-11-30(32)37(29)28-7-3-2-6-26(28)36(43)47-37/h2-12,15-16,19-20,27,35H,13-14,17-18H2,1H3,(H,40,41). The Bertz CT molecular complexity index is 2060.